The average Bonchev–Trinajstić information content (AvgIpc) is 3.22. The molecule has 0 bridgehead atoms. The zero-order valence-corrected chi connectivity index (χ0v) is 18.2. The number of nitrogens with zero attached hydrogens (tertiary/aromatic N) is 3. The smallest absolute Gasteiger partial charge is 0.250 e. The van der Waals surface area contributed by atoms with Gasteiger partial charge in [-0.1, -0.05) is 11.6 Å². The molecule has 1 atom stereocenters. The number of carbonyl (C=O) groups is 2. The first kappa shape index (κ1) is 22.7. The van der Waals surface area contributed by atoms with E-state index in [0.29, 0.717) is 39.3 Å². The first-order valence-electron chi connectivity index (χ1n) is 9.63. The van der Waals surface area contributed by atoms with Crippen molar-refractivity contribution in [3.63, 3.8) is 0 Å². The van der Waals surface area contributed by atoms with Gasteiger partial charge in [0.05, 0.1) is 10.7 Å². The van der Waals surface area contributed by atoms with Gasteiger partial charge >= 0.3 is 0 Å². The lowest BCUT2D eigenvalue weighted by Gasteiger charge is -2.34. The zero-order valence-electron chi connectivity index (χ0n) is 16.6. The number of sulfonamides is 1. The van der Waals surface area contributed by atoms with E-state index in [2.05, 4.69) is 0 Å². The minimum absolute atomic E-state index is 0.166. The Kier molecular flexibility index (Phi) is 6.85. The summed E-state index contributed by atoms with van der Waals surface area (Å²) in [4.78, 5) is 29.3. The molecule has 2 heterocycles. The molecule has 0 saturated carbocycles. The summed E-state index contributed by atoms with van der Waals surface area (Å²) in [5.41, 5.74) is 5.57. The van der Waals surface area contributed by atoms with Gasteiger partial charge in [-0.25, -0.2) is 12.8 Å². The Balaban J connectivity index is 1.88. The fraction of sp³-hybridized carbons (Fsp3) is 0.556. The molecular formula is C18H25ClFN5O4S. The number of rotatable bonds is 6. The van der Waals surface area contributed by atoms with Crippen LogP contribution in [0.25, 0.3) is 0 Å². The summed E-state index contributed by atoms with van der Waals surface area (Å²) in [6.07, 6.45) is 1.77. The van der Waals surface area contributed by atoms with E-state index in [9.17, 15) is 22.4 Å². The van der Waals surface area contributed by atoms with E-state index in [4.69, 9.17) is 17.3 Å². The van der Waals surface area contributed by atoms with Crippen LogP contribution in [0.4, 0.5) is 10.1 Å². The van der Waals surface area contributed by atoms with Gasteiger partial charge in [-0.3, -0.25) is 9.59 Å². The lowest BCUT2D eigenvalue weighted by atomic mass is 10.2. The minimum Gasteiger partial charge on any atom is -0.370 e. The molecule has 2 fully saturated rings. The standard InChI is InChI=1S/C18H25ClFN5O4S/c1-23-6-8-25(9-7-23)18(27)16(17(21)26)22-30(28,29)14-11-12(20)10-13(15(14)19)24-4-2-3-5-24/h10-11,16,22H,2-9H2,1H3,(H2,21,26)/t16-/m0/s1. The summed E-state index contributed by atoms with van der Waals surface area (Å²) in [6.45, 7) is 3.09. The summed E-state index contributed by atoms with van der Waals surface area (Å²) in [6, 6.07) is 0.129. The van der Waals surface area contributed by atoms with Gasteiger partial charge in [-0.2, -0.15) is 4.72 Å². The zero-order chi connectivity index (χ0) is 22.1. The number of hydrogen-bond donors (Lipinski definition) is 2. The van der Waals surface area contributed by atoms with Crippen LogP contribution in [0.15, 0.2) is 17.0 Å². The Bertz CT molecular complexity index is 931. The third-order valence-corrected chi connectivity index (χ3v) is 7.30. The van der Waals surface area contributed by atoms with Crippen LogP contribution in [0, 0.1) is 5.82 Å². The number of nitrogens with one attached hydrogen (secondary N) is 1. The maximum absolute atomic E-state index is 14.2. The van der Waals surface area contributed by atoms with Crippen molar-refractivity contribution >= 4 is 39.1 Å². The number of likely N-dealkylation sites (N-methyl/N-ethyl adjacent to an activating group) is 1. The second-order valence-electron chi connectivity index (χ2n) is 7.52. The van der Waals surface area contributed by atoms with Crippen LogP contribution in [-0.4, -0.2) is 82.4 Å². The van der Waals surface area contributed by atoms with Crippen molar-refractivity contribution in [3.8, 4) is 0 Å². The number of halogens is 2. The summed E-state index contributed by atoms with van der Waals surface area (Å²) in [5.74, 6) is -2.68. The number of amides is 2. The third kappa shape index (κ3) is 4.85. The Hall–Kier alpha value is -1.95. The van der Waals surface area contributed by atoms with E-state index in [1.807, 2.05) is 16.7 Å². The van der Waals surface area contributed by atoms with Crippen molar-refractivity contribution in [2.45, 2.75) is 23.8 Å². The van der Waals surface area contributed by atoms with E-state index in [-0.39, 0.29) is 10.7 Å². The molecule has 0 aromatic heterocycles. The van der Waals surface area contributed by atoms with Crippen LogP contribution in [0.5, 0.6) is 0 Å². The monoisotopic (exact) mass is 461 g/mol. The number of nitrogens with two attached hydrogens (primary N) is 1. The lowest BCUT2D eigenvalue weighted by Crippen LogP contribution is -2.58. The van der Waals surface area contributed by atoms with Gasteiger partial charge in [-0.15, -0.1) is 0 Å². The second kappa shape index (κ2) is 9.04. The Morgan fingerprint density at radius 1 is 1.13 bits per heavy atom. The fourth-order valence-electron chi connectivity index (χ4n) is 3.59. The van der Waals surface area contributed by atoms with Crippen molar-refractivity contribution in [3.05, 3.63) is 23.0 Å². The van der Waals surface area contributed by atoms with Crippen molar-refractivity contribution in [1.29, 1.82) is 0 Å². The highest BCUT2D eigenvalue weighted by Crippen LogP contribution is 2.35. The van der Waals surface area contributed by atoms with Gasteiger partial charge in [0, 0.05) is 39.3 Å². The molecule has 9 nitrogen and oxygen atoms in total. The minimum atomic E-state index is -4.51. The van der Waals surface area contributed by atoms with Gasteiger partial charge in [0.1, 0.15) is 10.7 Å². The average molecular weight is 462 g/mol. The van der Waals surface area contributed by atoms with E-state index in [1.165, 1.54) is 11.0 Å². The van der Waals surface area contributed by atoms with Gasteiger partial charge in [0.2, 0.25) is 15.9 Å². The highest BCUT2D eigenvalue weighted by Gasteiger charge is 2.36. The van der Waals surface area contributed by atoms with Crippen LogP contribution >= 0.6 is 11.6 Å². The van der Waals surface area contributed by atoms with E-state index in [0.717, 1.165) is 18.9 Å². The molecule has 12 heteroatoms. The molecule has 30 heavy (non-hydrogen) atoms. The topological polar surface area (TPSA) is 116 Å². The molecule has 2 amide bonds. The highest BCUT2D eigenvalue weighted by atomic mass is 35.5. The molecule has 3 N–H and O–H groups in total. The largest absolute Gasteiger partial charge is 0.370 e. The summed E-state index contributed by atoms with van der Waals surface area (Å²) in [7, 11) is -2.62. The van der Waals surface area contributed by atoms with Gasteiger partial charge in [0.15, 0.2) is 6.04 Å². The fourth-order valence-corrected chi connectivity index (χ4v) is 5.39. The summed E-state index contributed by atoms with van der Waals surface area (Å²) in [5, 5.41) is -0.166. The Morgan fingerprint density at radius 3 is 2.30 bits per heavy atom. The van der Waals surface area contributed by atoms with Crippen molar-refractivity contribution in [2.24, 2.45) is 5.73 Å². The number of hydrogen-bond acceptors (Lipinski definition) is 6. The predicted molar refractivity (Wildman–Crippen MR) is 110 cm³/mol. The van der Waals surface area contributed by atoms with Crippen LogP contribution in [0.2, 0.25) is 5.02 Å². The maximum Gasteiger partial charge on any atom is 0.250 e. The van der Waals surface area contributed by atoms with Crippen LogP contribution in [0.3, 0.4) is 0 Å². The van der Waals surface area contributed by atoms with E-state index >= 15 is 0 Å². The SMILES string of the molecule is CN1CCN(C(=O)[C@@H](NS(=O)(=O)c2cc(F)cc(N3CCCC3)c2Cl)C(N)=O)CC1. The number of anilines is 1. The molecule has 3 rings (SSSR count). The molecule has 0 radical (unpaired) electrons. The van der Waals surface area contributed by atoms with Crippen molar-refractivity contribution < 1.29 is 22.4 Å². The Labute approximate surface area is 180 Å². The van der Waals surface area contributed by atoms with Gasteiger partial charge in [0.25, 0.3) is 5.91 Å². The van der Waals surface area contributed by atoms with E-state index < -0.39 is 38.6 Å². The number of piperazine rings is 1. The number of primary amides is 1. The molecule has 1 aromatic rings. The maximum atomic E-state index is 14.2. The molecule has 166 valence electrons. The van der Waals surface area contributed by atoms with Crippen LogP contribution in [-0.2, 0) is 19.6 Å². The molecule has 2 aliphatic rings. The number of benzene rings is 1. The molecule has 2 saturated heterocycles. The third-order valence-electron chi connectivity index (χ3n) is 5.34. The molecule has 2 aliphatic heterocycles. The van der Waals surface area contributed by atoms with Crippen molar-refractivity contribution in [2.75, 3.05) is 51.2 Å². The summed E-state index contributed by atoms with van der Waals surface area (Å²) >= 11 is 6.31. The van der Waals surface area contributed by atoms with Gasteiger partial charge < -0.3 is 20.4 Å². The highest BCUT2D eigenvalue weighted by molar-refractivity contribution is 7.89. The van der Waals surface area contributed by atoms with Crippen molar-refractivity contribution in [1.82, 2.24) is 14.5 Å². The quantitative estimate of drug-likeness (QED) is 0.575. The Morgan fingerprint density at radius 2 is 1.73 bits per heavy atom. The van der Waals surface area contributed by atoms with Crippen LogP contribution in [0.1, 0.15) is 12.8 Å². The first-order chi connectivity index (χ1) is 14.1. The predicted octanol–water partition coefficient (Wildman–Crippen LogP) is -0.0145. The molecule has 0 spiro atoms. The molecular weight excluding hydrogens is 437 g/mol. The van der Waals surface area contributed by atoms with E-state index in [1.54, 1.807) is 4.90 Å². The van der Waals surface area contributed by atoms with Gasteiger partial charge in [-0.05, 0) is 32.0 Å². The molecule has 0 unspecified atom stereocenters. The molecule has 0 aliphatic carbocycles. The number of carbonyl (C=O) groups excluding carboxylic acids is 2. The first-order valence-corrected chi connectivity index (χ1v) is 11.5. The lowest BCUT2D eigenvalue weighted by molar-refractivity contribution is -0.138. The molecule has 1 aromatic carbocycles. The summed E-state index contributed by atoms with van der Waals surface area (Å²) < 4.78 is 42.2. The second-order valence-corrected chi connectivity index (χ2v) is 9.58. The van der Waals surface area contributed by atoms with Crippen LogP contribution < -0.4 is 15.4 Å². The normalized spacial score (nSPS) is 19.2.